The summed E-state index contributed by atoms with van der Waals surface area (Å²) in [7, 11) is 0. The predicted molar refractivity (Wildman–Crippen MR) is 111 cm³/mol. The van der Waals surface area contributed by atoms with E-state index in [2.05, 4.69) is 4.90 Å². The van der Waals surface area contributed by atoms with Crippen LogP contribution in [0.2, 0.25) is 0 Å². The van der Waals surface area contributed by atoms with E-state index in [4.69, 9.17) is 9.47 Å². The standard InChI is InChI=1S/C22H23NO4.ClH/c24-17-6-4-16(5-7-17)14-21-22(25)19-9-8-18(15-20(19)27-21)26-13-12-23-10-2-1-3-11-23;/h4-9,14-15,24H,1-3,10-13H2;1H/b21-14-;. The fourth-order valence-corrected chi connectivity index (χ4v) is 3.45. The molecule has 148 valence electrons. The van der Waals surface area contributed by atoms with Gasteiger partial charge in [-0.1, -0.05) is 18.6 Å². The second kappa shape index (κ2) is 9.13. The first-order valence-electron chi connectivity index (χ1n) is 9.41. The van der Waals surface area contributed by atoms with Crippen molar-refractivity contribution in [1.82, 2.24) is 4.90 Å². The number of piperidine rings is 1. The Kier molecular flexibility index (Phi) is 6.60. The zero-order valence-electron chi connectivity index (χ0n) is 15.6. The maximum absolute atomic E-state index is 12.5. The van der Waals surface area contributed by atoms with Gasteiger partial charge < -0.3 is 14.6 Å². The Morgan fingerprint density at radius 1 is 1.07 bits per heavy atom. The van der Waals surface area contributed by atoms with Crippen molar-refractivity contribution in [3.05, 3.63) is 59.4 Å². The molecule has 0 aliphatic carbocycles. The van der Waals surface area contributed by atoms with Crippen LogP contribution in [0.4, 0.5) is 0 Å². The van der Waals surface area contributed by atoms with Crippen molar-refractivity contribution in [2.75, 3.05) is 26.2 Å². The number of aromatic hydroxyl groups is 1. The monoisotopic (exact) mass is 401 g/mol. The first kappa shape index (κ1) is 20.2. The van der Waals surface area contributed by atoms with E-state index in [0.717, 1.165) is 25.2 Å². The number of rotatable bonds is 5. The fourth-order valence-electron chi connectivity index (χ4n) is 3.45. The number of nitrogens with zero attached hydrogens (tertiary/aromatic N) is 1. The molecule has 2 aromatic rings. The van der Waals surface area contributed by atoms with E-state index in [1.165, 1.54) is 19.3 Å². The molecule has 5 nitrogen and oxygen atoms in total. The summed E-state index contributed by atoms with van der Waals surface area (Å²) < 4.78 is 11.6. The molecule has 0 aromatic heterocycles. The molecule has 0 bridgehead atoms. The topological polar surface area (TPSA) is 59.0 Å². The van der Waals surface area contributed by atoms with E-state index in [1.54, 1.807) is 42.5 Å². The van der Waals surface area contributed by atoms with Gasteiger partial charge in [-0.25, -0.2) is 0 Å². The van der Waals surface area contributed by atoms with Gasteiger partial charge in [0.05, 0.1) is 5.56 Å². The Hall–Kier alpha value is -2.50. The molecular formula is C22H24ClNO4. The number of fused-ring (bicyclic) bond motifs is 1. The molecule has 0 atom stereocenters. The SMILES string of the molecule is Cl.O=C1/C(=C/c2ccc(O)cc2)Oc2cc(OCCN3CCCCC3)ccc21. The number of carbonyl (C=O) groups excluding carboxylic acids is 1. The van der Waals surface area contributed by atoms with Crippen LogP contribution in [0, 0.1) is 0 Å². The molecule has 6 heteroatoms. The van der Waals surface area contributed by atoms with Gasteiger partial charge in [0.25, 0.3) is 0 Å². The number of hydrogen-bond acceptors (Lipinski definition) is 5. The van der Waals surface area contributed by atoms with Crippen LogP contribution in [0.3, 0.4) is 0 Å². The lowest BCUT2D eigenvalue weighted by Crippen LogP contribution is -2.33. The first-order valence-corrected chi connectivity index (χ1v) is 9.41. The molecule has 1 fully saturated rings. The molecule has 1 N–H and O–H groups in total. The minimum absolute atomic E-state index is 0. The van der Waals surface area contributed by atoms with Gasteiger partial charge >= 0.3 is 0 Å². The maximum atomic E-state index is 12.5. The molecule has 2 aliphatic heterocycles. The number of phenolic OH excluding ortho intramolecular Hbond substituents is 1. The Labute approximate surface area is 171 Å². The number of Topliss-reactive ketones (excluding diaryl/α,β-unsaturated/α-hetero) is 1. The third-order valence-corrected chi connectivity index (χ3v) is 4.96. The van der Waals surface area contributed by atoms with Crippen molar-refractivity contribution in [3.8, 4) is 17.2 Å². The smallest absolute Gasteiger partial charge is 0.231 e. The molecule has 2 aliphatic rings. The Morgan fingerprint density at radius 3 is 2.57 bits per heavy atom. The van der Waals surface area contributed by atoms with E-state index < -0.39 is 0 Å². The number of likely N-dealkylation sites (tertiary alicyclic amines) is 1. The number of halogens is 1. The Bertz CT molecular complexity index is 857. The predicted octanol–water partition coefficient (Wildman–Crippen LogP) is 4.29. The molecule has 0 saturated carbocycles. The number of ketones is 1. The number of ether oxygens (including phenoxy) is 2. The van der Waals surface area contributed by atoms with Crippen LogP contribution in [-0.2, 0) is 0 Å². The third kappa shape index (κ3) is 4.66. The van der Waals surface area contributed by atoms with Gasteiger partial charge in [0, 0.05) is 12.6 Å². The lowest BCUT2D eigenvalue weighted by atomic mass is 10.1. The fraction of sp³-hybridized carbons (Fsp3) is 0.318. The molecule has 0 radical (unpaired) electrons. The molecule has 4 rings (SSSR count). The van der Waals surface area contributed by atoms with E-state index in [9.17, 15) is 9.90 Å². The summed E-state index contributed by atoms with van der Waals surface area (Å²) in [6.07, 6.45) is 5.54. The quantitative estimate of drug-likeness (QED) is 0.757. The van der Waals surface area contributed by atoms with Gasteiger partial charge in [-0.3, -0.25) is 9.69 Å². The molecule has 1 saturated heterocycles. The molecule has 0 unspecified atom stereocenters. The van der Waals surface area contributed by atoms with Gasteiger partial charge in [0.2, 0.25) is 5.78 Å². The minimum Gasteiger partial charge on any atom is -0.508 e. The highest BCUT2D eigenvalue weighted by molar-refractivity contribution is 6.14. The molecular weight excluding hydrogens is 378 g/mol. The van der Waals surface area contributed by atoms with Crippen molar-refractivity contribution >= 4 is 24.3 Å². The second-order valence-electron chi connectivity index (χ2n) is 6.94. The Balaban J connectivity index is 0.00000225. The summed E-state index contributed by atoms with van der Waals surface area (Å²) in [4.78, 5) is 14.9. The summed E-state index contributed by atoms with van der Waals surface area (Å²) in [6, 6.07) is 12.0. The van der Waals surface area contributed by atoms with Gasteiger partial charge in [-0.05, 0) is 61.8 Å². The number of hydrogen-bond donors (Lipinski definition) is 1. The lowest BCUT2D eigenvalue weighted by molar-refractivity contribution is 0.101. The highest BCUT2D eigenvalue weighted by Crippen LogP contribution is 2.35. The van der Waals surface area contributed by atoms with Gasteiger partial charge in [-0.2, -0.15) is 0 Å². The van der Waals surface area contributed by atoms with E-state index in [0.29, 0.717) is 23.7 Å². The molecule has 2 aromatic carbocycles. The average Bonchev–Trinajstić information content (AvgIpc) is 2.99. The van der Waals surface area contributed by atoms with Gasteiger partial charge in [0.15, 0.2) is 5.76 Å². The zero-order chi connectivity index (χ0) is 18.6. The van der Waals surface area contributed by atoms with Crippen molar-refractivity contribution in [2.24, 2.45) is 0 Å². The summed E-state index contributed by atoms with van der Waals surface area (Å²) in [5.41, 5.74) is 1.34. The van der Waals surface area contributed by atoms with Crippen LogP contribution in [-0.4, -0.2) is 42.0 Å². The van der Waals surface area contributed by atoms with Crippen molar-refractivity contribution in [1.29, 1.82) is 0 Å². The number of allylic oxidation sites excluding steroid dienone is 1. The summed E-state index contributed by atoms with van der Waals surface area (Å²) in [5.74, 6) is 1.56. The van der Waals surface area contributed by atoms with Crippen molar-refractivity contribution in [3.63, 3.8) is 0 Å². The molecule has 0 spiro atoms. The summed E-state index contributed by atoms with van der Waals surface area (Å²) in [5, 5.41) is 9.36. The highest BCUT2D eigenvalue weighted by Gasteiger charge is 2.27. The van der Waals surface area contributed by atoms with E-state index in [1.807, 2.05) is 6.07 Å². The van der Waals surface area contributed by atoms with Crippen LogP contribution in [0.1, 0.15) is 35.2 Å². The Morgan fingerprint density at radius 2 is 1.82 bits per heavy atom. The summed E-state index contributed by atoms with van der Waals surface area (Å²) in [6.45, 7) is 3.85. The van der Waals surface area contributed by atoms with E-state index >= 15 is 0 Å². The van der Waals surface area contributed by atoms with Crippen molar-refractivity contribution < 1.29 is 19.4 Å². The van der Waals surface area contributed by atoms with Gasteiger partial charge in [-0.15, -0.1) is 12.4 Å². The zero-order valence-corrected chi connectivity index (χ0v) is 16.4. The summed E-state index contributed by atoms with van der Waals surface area (Å²) >= 11 is 0. The van der Waals surface area contributed by atoms with Crippen LogP contribution in [0.25, 0.3) is 6.08 Å². The number of phenols is 1. The molecule has 2 heterocycles. The lowest BCUT2D eigenvalue weighted by Gasteiger charge is -2.26. The average molecular weight is 402 g/mol. The normalized spacial score (nSPS) is 17.7. The molecule has 0 amide bonds. The largest absolute Gasteiger partial charge is 0.508 e. The van der Waals surface area contributed by atoms with Crippen LogP contribution in [0.15, 0.2) is 48.2 Å². The van der Waals surface area contributed by atoms with E-state index in [-0.39, 0.29) is 29.7 Å². The minimum atomic E-state index is -0.141. The molecule has 28 heavy (non-hydrogen) atoms. The van der Waals surface area contributed by atoms with Crippen LogP contribution < -0.4 is 9.47 Å². The number of benzene rings is 2. The van der Waals surface area contributed by atoms with Crippen LogP contribution in [0.5, 0.6) is 17.2 Å². The second-order valence-corrected chi connectivity index (χ2v) is 6.94. The van der Waals surface area contributed by atoms with Gasteiger partial charge in [0.1, 0.15) is 23.9 Å². The highest BCUT2D eigenvalue weighted by atomic mass is 35.5. The first-order chi connectivity index (χ1) is 13.2. The third-order valence-electron chi connectivity index (χ3n) is 4.96. The van der Waals surface area contributed by atoms with Crippen molar-refractivity contribution in [2.45, 2.75) is 19.3 Å². The number of carbonyl (C=O) groups is 1. The maximum Gasteiger partial charge on any atom is 0.231 e. The van der Waals surface area contributed by atoms with Crippen LogP contribution >= 0.6 is 12.4 Å².